The Balaban J connectivity index is 1.90. The first kappa shape index (κ1) is 13.4. The van der Waals surface area contributed by atoms with Crippen LogP contribution in [0.2, 0.25) is 0 Å². The molecule has 1 aromatic carbocycles. The Hall–Kier alpha value is -1.62. The molecule has 5 heteroatoms. The van der Waals surface area contributed by atoms with Gasteiger partial charge in [0.15, 0.2) is 0 Å². The smallest absolute Gasteiger partial charge is 0.203 e. The van der Waals surface area contributed by atoms with Gasteiger partial charge in [-0.05, 0) is 37.1 Å². The Morgan fingerprint density at radius 3 is 2.60 bits per heavy atom. The van der Waals surface area contributed by atoms with E-state index in [0.717, 1.165) is 21.1 Å². The van der Waals surface area contributed by atoms with Crippen molar-refractivity contribution in [2.45, 2.75) is 38.1 Å². The van der Waals surface area contributed by atoms with Gasteiger partial charge in [0.1, 0.15) is 5.01 Å². The molecule has 4 nitrogen and oxygen atoms in total. The van der Waals surface area contributed by atoms with Crippen LogP contribution < -0.4 is 10.5 Å². The fraction of sp³-hybridized carbons (Fsp3) is 0.467. The Labute approximate surface area is 123 Å². The first-order valence-corrected chi connectivity index (χ1v) is 7.98. The van der Waals surface area contributed by atoms with Gasteiger partial charge in [-0.15, -0.1) is 0 Å². The Kier molecular flexibility index (Phi) is 3.87. The molecule has 20 heavy (non-hydrogen) atoms. The molecule has 1 fully saturated rings. The van der Waals surface area contributed by atoms with E-state index in [0.29, 0.717) is 6.04 Å². The van der Waals surface area contributed by atoms with Gasteiger partial charge in [-0.3, -0.25) is 4.99 Å². The van der Waals surface area contributed by atoms with Crippen molar-refractivity contribution in [2.75, 3.05) is 5.73 Å². The second-order valence-corrected chi connectivity index (χ2v) is 6.31. The van der Waals surface area contributed by atoms with Gasteiger partial charge in [0, 0.05) is 18.3 Å². The summed E-state index contributed by atoms with van der Waals surface area (Å²) in [5.74, 6) is 0. The summed E-state index contributed by atoms with van der Waals surface area (Å²) in [7, 11) is 1.97. The van der Waals surface area contributed by atoms with Gasteiger partial charge < -0.3 is 5.73 Å². The summed E-state index contributed by atoms with van der Waals surface area (Å²) in [5.41, 5.74) is 7.60. The van der Waals surface area contributed by atoms with Gasteiger partial charge in [-0.25, -0.2) is 4.68 Å². The predicted octanol–water partition coefficient (Wildman–Crippen LogP) is 2.96. The van der Waals surface area contributed by atoms with E-state index in [2.05, 4.69) is 5.10 Å². The van der Waals surface area contributed by atoms with Crippen molar-refractivity contribution in [3.63, 3.8) is 0 Å². The van der Waals surface area contributed by atoms with Crippen LogP contribution in [0, 0.1) is 0 Å². The number of benzene rings is 1. The summed E-state index contributed by atoms with van der Waals surface area (Å²) in [5, 5.41) is 5.58. The summed E-state index contributed by atoms with van der Waals surface area (Å²) < 4.78 is 1.89. The third-order valence-electron chi connectivity index (χ3n) is 3.73. The molecular formula is C15H20N4S. The highest BCUT2D eigenvalue weighted by atomic mass is 32.1. The normalized spacial score (nSPS) is 17.6. The van der Waals surface area contributed by atoms with Crippen molar-refractivity contribution in [1.29, 1.82) is 0 Å². The van der Waals surface area contributed by atoms with E-state index in [1.54, 1.807) is 11.3 Å². The number of hydrogen-bond donors (Lipinski definition) is 1. The van der Waals surface area contributed by atoms with Gasteiger partial charge in [0.25, 0.3) is 0 Å². The molecule has 0 unspecified atom stereocenters. The lowest BCUT2D eigenvalue weighted by molar-refractivity contribution is 0.434. The third-order valence-corrected chi connectivity index (χ3v) is 4.79. The lowest BCUT2D eigenvalue weighted by Gasteiger charge is -2.16. The molecule has 2 N–H and O–H groups in total. The van der Waals surface area contributed by atoms with Crippen LogP contribution in [-0.2, 0) is 7.05 Å². The van der Waals surface area contributed by atoms with Crippen molar-refractivity contribution in [3.05, 3.63) is 29.1 Å². The zero-order valence-corrected chi connectivity index (χ0v) is 12.6. The zero-order valence-electron chi connectivity index (χ0n) is 11.7. The maximum absolute atomic E-state index is 5.72. The van der Waals surface area contributed by atoms with Gasteiger partial charge >= 0.3 is 0 Å². The van der Waals surface area contributed by atoms with Crippen molar-refractivity contribution >= 4 is 17.0 Å². The van der Waals surface area contributed by atoms with Crippen LogP contribution in [0.15, 0.2) is 29.3 Å². The maximum Gasteiger partial charge on any atom is 0.203 e. The number of anilines is 1. The monoisotopic (exact) mass is 288 g/mol. The first-order chi connectivity index (χ1) is 9.72. The Bertz CT molecular complexity index is 633. The van der Waals surface area contributed by atoms with Crippen LogP contribution in [0.5, 0.6) is 0 Å². The highest BCUT2D eigenvalue weighted by Crippen LogP contribution is 2.22. The highest BCUT2D eigenvalue weighted by molar-refractivity contribution is 7.12. The first-order valence-electron chi connectivity index (χ1n) is 7.16. The molecule has 0 aliphatic heterocycles. The lowest BCUT2D eigenvalue weighted by atomic mass is 9.96. The van der Waals surface area contributed by atoms with Crippen molar-refractivity contribution in [2.24, 2.45) is 12.0 Å². The molecule has 0 amide bonds. The molecule has 0 saturated heterocycles. The standard InChI is InChI=1S/C15H20N4S/c1-19-15(17-13-5-3-2-4-6-13)20-14(18-19)11-7-9-12(16)10-8-11/h7-10,13H,2-6,16H2,1H3/b17-15+. The second kappa shape index (κ2) is 5.79. The molecule has 3 rings (SSSR count). The highest BCUT2D eigenvalue weighted by Gasteiger charge is 2.13. The van der Waals surface area contributed by atoms with Crippen molar-refractivity contribution in [3.8, 4) is 10.6 Å². The van der Waals surface area contributed by atoms with Crippen LogP contribution in [0.1, 0.15) is 32.1 Å². The molecule has 0 atom stereocenters. The third kappa shape index (κ3) is 2.93. The number of nitrogen functional groups attached to an aromatic ring is 1. The largest absolute Gasteiger partial charge is 0.399 e. The molecule has 1 aliphatic rings. The van der Waals surface area contributed by atoms with Crippen LogP contribution in [0.3, 0.4) is 0 Å². The molecule has 1 heterocycles. The average Bonchev–Trinajstić information content (AvgIpc) is 2.82. The number of nitrogens with two attached hydrogens (primary N) is 1. The lowest BCUT2D eigenvalue weighted by Crippen LogP contribution is -2.18. The molecule has 0 bridgehead atoms. The number of nitrogens with zero attached hydrogens (tertiary/aromatic N) is 3. The average molecular weight is 288 g/mol. The van der Waals surface area contributed by atoms with Gasteiger partial charge in [0.2, 0.25) is 4.80 Å². The van der Waals surface area contributed by atoms with E-state index in [-0.39, 0.29) is 0 Å². The SMILES string of the molecule is Cn1nc(-c2ccc(N)cc2)s/c1=N/C1CCCCC1. The van der Waals surface area contributed by atoms with E-state index in [4.69, 9.17) is 10.7 Å². The Morgan fingerprint density at radius 2 is 1.90 bits per heavy atom. The summed E-state index contributed by atoms with van der Waals surface area (Å²) in [6.45, 7) is 0. The predicted molar refractivity (Wildman–Crippen MR) is 83.4 cm³/mol. The van der Waals surface area contributed by atoms with Crippen LogP contribution >= 0.6 is 11.3 Å². The number of hydrogen-bond acceptors (Lipinski definition) is 4. The van der Waals surface area contributed by atoms with Gasteiger partial charge in [-0.2, -0.15) is 5.10 Å². The van der Waals surface area contributed by atoms with Crippen LogP contribution in [0.25, 0.3) is 10.6 Å². The zero-order chi connectivity index (χ0) is 13.9. The maximum atomic E-state index is 5.72. The molecule has 1 aliphatic carbocycles. The summed E-state index contributed by atoms with van der Waals surface area (Å²) >= 11 is 1.66. The molecule has 0 spiro atoms. The minimum atomic E-state index is 0.481. The van der Waals surface area contributed by atoms with Gasteiger partial charge in [0.05, 0.1) is 6.04 Å². The molecule has 2 aromatic rings. The van der Waals surface area contributed by atoms with Crippen molar-refractivity contribution < 1.29 is 0 Å². The van der Waals surface area contributed by atoms with E-state index in [1.807, 2.05) is 36.0 Å². The number of aryl methyl sites for hydroxylation is 1. The molecule has 1 saturated carbocycles. The van der Waals surface area contributed by atoms with Crippen molar-refractivity contribution in [1.82, 2.24) is 9.78 Å². The Morgan fingerprint density at radius 1 is 1.20 bits per heavy atom. The second-order valence-electron chi connectivity index (χ2n) is 5.36. The van der Waals surface area contributed by atoms with E-state index in [9.17, 15) is 0 Å². The molecule has 106 valence electrons. The quantitative estimate of drug-likeness (QED) is 0.864. The fourth-order valence-electron chi connectivity index (χ4n) is 2.57. The van der Waals surface area contributed by atoms with Crippen LogP contribution in [0.4, 0.5) is 5.69 Å². The summed E-state index contributed by atoms with van der Waals surface area (Å²) in [6.07, 6.45) is 6.41. The fourth-order valence-corrected chi connectivity index (χ4v) is 3.54. The van der Waals surface area contributed by atoms with Crippen LogP contribution in [-0.4, -0.2) is 15.8 Å². The molecule has 1 aromatic heterocycles. The van der Waals surface area contributed by atoms with Gasteiger partial charge in [-0.1, -0.05) is 30.6 Å². The minimum absolute atomic E-state index is 0.481. The van der Waals surface area contributed by atoms with E-state index >= 15 is 0 Å². The van der Waals surface area contributed by atoms with E-state index < -0.39 is 0 Å². The minimum Gasteiger partial charge on any atom is -0.399 e. The summed E-state index contributed by atoms with van der Waals surface area (Å²) in [6, 6.07) is 8.33. The molecule has 0 radical (unpaired) electrons. The van der Waals surface area contributed by atoms with E-state index in [1.165, 1.54) is 32.1 Å². The molecular weight excluding hydrogens is 268 g/mol. The number of aromatic nitrogens is 2. The number of rotatable bonds is 2. The topological polar surface area (TPSA) is 56.2 Å². The summed E-state index contributed by atoms with van der Waals surface area (Å²) in [4.78, 5) is 5.89.